The average Bonchev–Trinajstić information content (AvgIpc) is 3.10. The lowest BCUT2D eigenvalue weighted by Crippen LogP contribution is -1.99. The van der Waals surface area contributed by atoms with Crippen molar-refractivity contribution in [3.63, 3.8) is 0 Å². The molecule has 0 aliphatic carbocycles. The molecule has 0 radical (unpaired) electrons. The van der Waals surface area contributed by atoms with Gasteiger partial charge in [-0.05, 0) is 82.9 Å². The largest absolute Gasteiger partial charge is 0.233 e. The summed E-state index contributed by atoms with van der Waals surface area (Å²) in [5.74, 6) is 1.34. The Balaban J connectivity index is 1.44. The molecular formula is C42H30N4. The first-order chi connectivity index (χ1) is 22.6. The van der Waals surface area contributed by atoms with E-state index in [2.05, 4.69) is 103 Å². The van der Waals surface area contributed by atoms with Crippen molar-refractivity contribution in [1.29, 1.82) is 0 Å². The summed E-state index contributed by atoms with van der Waals surface area (Å²) >= 11 is 0. The smallest absolute Gasteiger partial charge is 0.160 e. The molecule has 8 rings (SSSR count). The van der Waals surface area contributed by atoms with E-state index >= 15 is 0 Å². The van der Waals surface area contributed by atoms with Gasteiger partial charge < -0.3 is 0 Å². The molecular weight excluding hydrogens is 560 g/mol. The Hall–Kier alpha value is -6.00. The second-order valence-corrected chi connectivity index (χ2v) is 11.7. The number of nitrogens with zero attached hydrogens (tertiary/aromatic N) is 4. The molecule has 0 saturated carbocycles. The third-order valence-electron chi connectivity index (χ3n) is 8.36. The molecule has 0 fully saturated rings. The number of aromatic nitrogens is 4. The lowest BCUT2D eigenvalue weighted by molar-refractivity contribution is 1.06. The number of hydrogen-bond acceptors (Lipinski definition) is 4. The predicted molar refractivity (Wildman–Crippen MR) is 189 cm³/mol. The molecule has 0 unspecified atom stereocenters. The third kappa shape index (κ3) is 5.20. The Morgan fingerprint density at radius 1 is 0.348 bits per heavy atom. The van der Waals surface area contributed by atoms with E-state index in [-0.39, 0.29) is 0 Å². The minimum atomic E-state index is 0.650. The Morgan fingerprint density at radius 3 is 1.30 bits per heavy atom. The van der Waals surface area contributed by atoms with Crippen LogP contribution in [0.1, 0.15) is 11.4 Å². The molecule has 0 N–H and O–H groups in total. The van der Waals surface area contributed by atoms with Gasteiger partial charge in [0.05, 0.1) is 11.4 Å². The van der Waals surface area contributed by atoms with E-state index in [4.69, 9.17) is 19.9 Å². The zero-order valence-electron chi connectivity index (χ0n) is 25.6. The van der Waals surface area contributed by atoms with Gasteiger partial charge >= 0.3 is 0 Å². The van der Waals surface area contributed by atoms with Crippen LogP contribution in [0.4, 0.5) is 0 Å². The van der Waals surface area contributed by atoms with Gasteiger partial charge in [0.15, 0.2) is 11.6 Å². The molecule has 4 heteroatoms. The van der Waals surface area contributed by atoms with Gasteiger partial charge in [-0.3, -0.25) is 0 Å². The van der Waals surface area contributed by atoms with E-state index in [9.17, 15) is 0 Å². The van der Waals surface area contributed by atoms with Crippen LogP contribution >= 0.6 is 0 Å². The number of rotatable bonds is 5. The summed E-state index contributed by atoms with van der Waals surface area (Å²) in [4.78, 5) is 20.1. The molecule has 2 aromatic heterocycles. The number of fused-ring (bicyclic) bond motifs is 2. The van der Waals surface area contributed by atoms with Gasteiger partial charge in [-0.15, -0.1) is 0 Å². The molecule has 0 aliphatic rings. The van der Waals surface area contributed by atoms with Gasteiger partial charge in [0.1, 0.15) is 0 Å². The molecule has 0 amide bonds. The maximum Gasteiger partial charge on any atom is 0.160 e. The summed E-state index contributed by atoms with van der Waals surface area (Å²) in [5.41, 5.74) is 9.74. The molecule has 218 valence electrons. The first kappa shape index (κ1) is 27.5. The van der Waals surface area contributed by atoms with E-state index < -0.39 is 0 Å². The van der Waals surface area contributed by atoms with Crippen molar-refractivity contribution in [2.75, 3.05) is 0 Å². The summed E-state index contributed by atoms with van der Waals surface area (Å²) in [6.07, 6.45) is 0. The molecule has 6 aromatic carbocycles. The van der Waals surface area contributed by atoms with Crippen LogP contribution in [-0.4, -0.2) is 19.9 Å². The Bertz CT molecular complexity index is 2250. The fraction of sp³-hybridized carbons (Fsp3) is 0.0476. The molecule has 4 nitrogen and oxygen atoms in total. The number of hydrogen-bond donors (Lipinski definition) is 0. The zero-order valence-corrected chi connectivity index (χ0v) is 25.6. The van der Waals surface area contributed by atoms with Crippen LogP contribution in [0.15, 0.2) is 146 Å². The van der Waals surface area contributed by atoms with E-state index in [0.29, 0.717) is 11.6 Å². The van der Waals surface area contributed by atoms with Crippen molar-refractivity contribution in [3.8, 4) is 56.4 Å². The fourth-order valence-corrected chi connectivity index (χ4v) is 6.30. The summed E-state index contributed by atoms with van der Waals surface area (Å²) in [7, 11) is 0. The third-order valence-corrected chi connectivity index (χ3v) is 8.36. The van der Waals surface area contributed by atoms with Crippen molar-refractivity contribution >= 4 is 21.5 Å². The highest BCUT2D eigenvalue weighted by Crippen LogP contribution is 2.40. The number of aryl methyl sites for hydroxylation is 2. The van der Waals surface area contributed by atoms with E-state index in [1.165, 1.54) is 27.1 Å². The van der Waals surface area contributed by atoms with Crippen LogP contribution in [0.3, 0.4) is 0 Å². The predicted octanol–water partition coefficient (Wildman–Crippen LogP) is 10.5. The minimum absolute atomic E-state index is 0.650. The van der Waals surface area contributed by atoms with Crippen LogP contribution in [0.5, 0.6) is 0 Å². The SMILES string of the molecule is Cc1cc(C)nc(-c2cc(-c3nc(-c4ccccc4)cc(-c4ccccc4)n3)cc(-c3c4ccccc4cc4ccccc34)c2)n1. The summed E-state index contributed by atoms with van der Waals surface area (Å²) in [5, 5.41) is 4.77. The average molecular weight is 591 g/mol. The second-order valence-electron chi connectivity index (χ2n) is 11.7. The topological polar surface area (TPSA) is 51.6 Å². The van der Waals surface area contributed by atoms with Crippen LogP contribution in [-0.2, 0) is 0 Å². The summed E-state index contributed by atoms with van der Waals surface area (Å²) < 4.78 is 0. The lowest BCUT2D eigenvalue weighted by Gasteiger charge is -2.16. The Kier molecular flexibility index (Phi) is 6.88. The van der Waals surface area contributed by atoms with Crippen molar-refractivity contribution in [2.45, 2.75) is 13.8 Å². The van der Waals surface area contributed by atoms with E-state index in [1.54, 1.807) is 0 Å². The standard InChI is InChI=1S/C42H30N4/c1-27-21-28(2)44-41(43-27)34-23-33(40-36-19-11-9-17-31(36)22-32-18-10-12-20-37(32)40)24-35(25-34)42-45-38(29-13-5-3-6-14-29)26-39(46-42)30-15-7-4-8-16-30/h3-26H,1-2H3. The summed E-state index contributed by atoms with van der Waals surface area (Å²) in [6, 6.07) is 50.7. The molecule has 0 saturated heterocycles. The van der Waals surface area contributed by atoms with Gasteiger partial charge in [-0.2, -0.15) is 0 Å². The molecule has 0 aliphatic heterocycles. The van der Waals surface area contributed by atoms with Crippen LogP contribution in [0.25, 0.3) is 78.0 Å². The maximum atomic E-state index is 5.18. The Labute approximate surface area is 268 Å². The minimum Gasteiger partial charge on any atom is -0.233 e. The van der Waals surface area contributed by atoms with Crippen LogP contribution in [0.2, 0.25) is 0 Å². The van der Waals surface area contributed by atoms with Crippen molar-refractivity contribution in [3.05, 3.63) is 157 Å². The lowest BCUT2D eigenvalue weighted by atomic mass is 9.90. The van der Waals surface area contributed by atoms with E-state index in [1.807, 2.05) is 56.3 Å². The zero-order chi connectivity index (χ0) is 31.0. The highest BCUT2D eigenvalue weighted by Gasteiger charge is 2.17. The Morgan fingerprint density at radius 2 is 0.783 bits per heavy atom. The maximum absolute atomic E-state index is 5.18. The van der Waals surface area contributed by atoms with Gasteiger partial charge in [-0.1, -0.05) is 109 Å². The molecule has 0 atom stereocenters. The molecule has 0 spiro atoms. The first-order valence-electron chi connectivity index (χ1n) is 15.5. The number of benzene rings is 6. The highest BCUT2D eigenvalue weighted by atomic mass is 14.9. The second kappa shape index (κ2) is 11.5. The quantitative estimate of drug-likeness (QED) is 0.187. The van der Waals surface area contributed by atoms with Gasteiger partial charge in [0.25, 0.3) is 0 Å². The molecule has 0 bridgehead atoms. The van der Waals surface area contributed by atoms with Crippen LogP contribution in [0, 0.1) is 13.8 Å². The fourth-order valence-electron chi connectivity index (χ4n) is 6.30. The van der Waals surface area contributed by atoms with Gasteiger partial charge in [0.2, 0.25) is 0 Å². The molecule has 8 aromatic rings. The van der Waals surface area contributed by atoms with Gasteiger partial charge in [0, 0.05) is 33.6 Å². The first-order valence-corrected chi connectivity index (χ1v) is 15.5. The molecule has 2 heterocycles. The van der Waals surface area contributed by atoms with E-state index in [0.717, 1.165) is 50.6 Å². The van der Waals surface area contributed by atoms with Crippen molar-refractivity contribution < 1.29 is 0 Å². The monoisotopic (exact) mass is 590 g/mol. The molecule has 46 heavy (non-hydrogen) atoms. The van der Waals surface area contributed by atoms with Crippen molar-refractivity contribution in [2.24, 2.45) is 0 Å². The van der Waals surface area contributed by atoms with Crippen LogP contribution < -0.4 is 0 Å². The van der Waals surface area contributed by atoms with Crippen molar-refractivity contribution in [1.82, 2.24) is 19.9 Å². The summed E-state index contributed by atoms with van der Waals surface area (Å²) in [6.45, 7) is 4.03. The highest BCUT2D eigenvalue weighted by molar-refractivity contribution is 6.13. The van der Waals surface area contributed by atoms with Gasteiger partial charge in [-0.25, -0.2) is 19.9 Å². The normalized spacial score (nSPS) is 11.3.